The van der Waals surface area contributed by atoms with E-state index in [4.69, 9.17) is 0 Å². The maximum absolute atomic E-state index is 12.5. The summed E-state index contributed by atoms with van der Waals surface area (Å²) in [6.07, 6.45) is 3.59. The monoisotopic (exact) mass is 403 g/mol. The number of nitrogens with one attached hydrogen (secondary N) is 1. The molecule has 0 bridgehead atoms. The molecule has 1 N–H and O–H groups in total. The van der Waals surface area contributed by atoms with Gasteiger partial charge in [0.05, 0.1) is 11.3 Å². The minimum atomic E-state index is -0.197. The van der Waals surface area contributed by atoms with Crippen molar-refractivity contribution in [2.75, 3.05) is 11.6 Å². The molecule has 1 amide bonds. The molecule has 0 unspecified atom stereocenters. The highest BCUT2D eigenvalue weighted by Gasteiger charge is 2.14. The number of thiazole rings is 1. The van der Waals surface area contributed by atoms with Crippen molar-refractivity contribution in [3.05, 3.63) is 83.9 Å². The van der Waals surface area contributed by atoms with Crippen LogP contribution in [0.1, 0.15) is 10.4 Å². The normalized spacial score (nSPS) is 10.6. The van der Waals surface area contributed by atoms with Gasteiger partial charge in [0.15, 0.2) is 5.13 Å². The van der Waals surface area contributed by atoms with E-state index in [9.17, 15) is 4.79 Å². The lowest BCUT2D eigenvalue weighted by Crippen LogP contribution is -2.13. The first kappa shape index (κ1) is 18.4. The number of aromatic nitrogens is 2. The van der Waals surface area contributed by atoms with Crippen LogP contribution in [0.15, 0.2) is 83.3 Å². The van der Waals surface area contributed by atoms with Crippen LogP contribution >= 0.6 is 23.1 Å². The summed E-state index contributed by atoms with van der Waals surface area (Å²) in [7, 11) is 0. The van der Waals surface area contributed by atoms with E-state index in [1.165, 1.54) is 28.7 Å². The van der Waals surface area contributed by atoms with Gasteiger partial charge in [0.2, 0.25) is 0 Å². The molecule has 0 atom stereocenters. The lowest BCUT2D eigenvalue weighted by atomic mass is 10.0. The van der Waals surface area contributed by atoms with Gasteiger partial charge in [-0.3, -0.25) is 10.1 Å². The van der Waals surface area contributed by atoms with Gasteiger partial charge in [-0.1, -0.05) is 54.6 Å². The van der Waals surface area contributed by atoms with Gasteiger partial charge in [-0.15, -0.1) is 23.1 Å². The largest absolute Gasteiger partial charge is 0.298 e. The SMILES string of the molecule is CSc1ncccc1C(=O)Nc1nc(-c2ccc(-c3ccccc3)cc2)cs1. The Morgan fingerprint density at radius 1 is 0.929 bits per heavy atom. The molecule has 4 rings (SSSR count). The topological polar surface area (TPSA) is 54.9 Å². The minimum absolute atomic E-state index is 0.197. The summed E-state index contributed by atoms with van der Waals surface area (Å²) in [5.41, 5.74) is 4.76. The van der Waals surface area contributed by atoms with Crippen molar-refractivity contribution in [1.82, 2.24) is 9.97 Å². The third-order valence-electron chi connectivity index (χ3n) is 4.22. The molecule has 0 aliphatic heterocycles. The van der Waals surface area contributed by atoms with Gasteiger partial charge in [-0.25, -0.2) is 9.97 Å². The number of anilines is 1. The van der Waals surface area contributed by atoms with E-state index in [0.29, 0.717) is 15.7 Å². The predicted octanol–water partition coefficient (Wildman–Crippen LogP) is 5.85. The predicted molar refractivity (Wildman–Crippen MR) is 117 cm³/mol. The summed E-state index contributed by atoms with van der Waals surface area (Å²) in [5, 5.41) is 6.10. The first-order valence-corrected chi connectivity index (χ1v) is 10.8. The highest BCUT2D eigenvalue weighted by atomic mass is 32.2. The Morgan fingerprint density at radius 2 is 1.64 bits per heavy atom. The first-order valence-electron chi connectivity index (χ1n) is 8.66. The van der Waals surface area contributed by atoms with Crippen LogP contribution in [0, 0.1) is 0 Å². The first-order chi connectivity index (χ1) is 13.7. The standard InChI is InChI=1S/C22H17N3OS2/c1-27-21-18(8-5-13-23-21)20(26)25-22-24-19(14-28-22)17-11-9-16(10-12-17)15-6-3-2-4-7-15/h2-14H,1H3,(H,24,25,26). The summed E-state index contributed by atoms with van der Waals surface area (Å²) in [5.74, 6) is -0.197. The number of carbonyl (C=O) groups excluding carboxylic acids is 1. The van der Waals surface area contributed by atoms with Crippen LogP contribution in [0.2, 0.25) is 0 Å². The van der Waals surface area contributed by atoms with Gasteiger partial charge in [0.25, 0.3) is 5.91 Å². The molecule has 4 nitrogen and oxygen atoms in total. The highest BCUT2D eigenvalue weighted by molar-refractivity contribution is 7.98. The van der Waals surface area contributed by atoms with Gasteiger partial charge < -0.3 is 0 Å². The van der Waals surface area contributed by atoms with Crippen molar-refractivity contribution in [2.45, 2.75) is 5.03 Å². The van der Waals surface area contributed by atoms with Gasteiger partial charge in [-0.2, -0.15) is 0 Å². The number of rotatable bonds is 5. The van der Waals surface area contributed by atoms with Crippen LogP contribution in [-0.2, 0) is 0 Å². The number of benzene rings is 2. The van der Waals surface area contributed by atoms with E-state index in [2.05, 4.69) is 51.7 Å². The van der Waals surface area contributed by atoms with E-state index in [1.54, 1.807) is 18.3 Å². The molecule has 0 aliphatic rings. The van der Waals surface area contributed by atoms with Gasteiger partial charge in [0.1, 0.15) is 5.03 Å². The van der Waals surface area contributed by atoms with Crippen molar-refractivity contribution >= 4 is 34.1 Å². The van der Waals surface area contributed by atoms with Crippen molar-refractivity contribution in [3.8, 4) is 22.4 Å². The molecule has 138 valence electrons. The van der Waals surface area contributed by atoms with Gasteiger partial charge in [-0.05, 0) is 29.5 Å². The second-order valence-corrected chi connectivity index (χ2v) is 7.65. The highest BCUT2D eigenvalue weighted by Crippen LogP contribution is 2.28. The molecule has 4 aromatic rings. The van der Waals surface area contributed by atoms with Crippen LogP contribution in [0.5, 0.6) is 0 Å². The fraction of sp³-hybridized carbons (Fsp3) is 0.0455. The Balaban J connectivity index is 1.51. The molecule has 0 saturated heterocycles. The Kier molecular flexibility index (Phi) is 5.50. The van der Waals surface area contributed by atoms with E-state index in [-0.39, 0.29) is 5.91 Å². The molecule has 2 heterocycles. The second-order valence-electron chi connectivity index (χ2n) is 6.00. The van der Waals surface area contributed by atoms with Crippen LogP contribution < -0.4 is 5.32 Å². The number of nitrogens with zero attached hydrogens (tertiary/aromatic N) is 2. The van der Waals surface area contributed by atoms with Crippen molar-refractivity contribution < 1.29 is 4.79 Å². The summed E-state index contributed by atoms with van der Waals surface area (Å²) >= 11 is 2.86. The molecule has 0 radical (unpaired) electrons. The fourth-order valence-electron chi connectivity index (χ4n) is 2.82. The lowest BCUT2D eigenvalue weighted by Gasteiger charge is -2.05. The second kappa shape index (κ2) is 8.37. The molecule has 0 spiro atoms. The third-order valence-corrected chi connectivity index (χ3v) is 5.69. The van der Waals surface area contributed by atoms with Crippen LogP contribution in [0.25, 0.3) is 22.4 Å². The summed E-state index contributed by atoms with van der Waals surface area (Å²) in [6, 6.07) is 22.1. The van der Waals surface area contributed by atoms with Gasteiger partial charge in [0, 0.05) is 17.1 Å². The van der Waals surface area contributed by atoms with Crippen molar-refractivity contribution in [2.24, 2.45) is 0 Å². The van der Waals surface area contributed by atoms with Gasteiger partial charge >= 0.3 is 0 Å². The average Bonchev–Trinajstić information content (AvgIpc) is 3.23. The zero-order chi connectivity index (χ0) is 19.3. The number of hydrogen-bond acceptors (Lipinski definition) is 5. The Morgan fingerprint density at radius 3 is 2.39 bits per heavy atom. The quantitative estimate of drug-likeness (QED) is 0.425. The molecule has 2 aromatic carbocycles. The molecule has 2 aromatic heterocycles. The van der Waals surface area contributed by atoms with Crippen molar-refractivity contribution in [3.63, 3.8) is 0 Å². The van der Waals surface area contributed by atoms with Crippen LogP contribution in [0.3, 0.4) is 0 Å². The van der Waals surface area contributed by atoms with E-state index in [1.807, 2.05) is 29.8 Å². The molecule has 6 heteroatoms. The zero-order valence-corrected chi connectivity index (χ0v) is 16.8. The Labute approximate surface area is 171 Å². The summed E-state index contributed by atoms with van der Waals surface area (Å²) in [4.78, 5) is 21.3. The molecular formula is C22H17N3OS2. The smallest absolute Gasteiger partial charge is 0.260 e. The van der Waals surface area contributed by atoms with Crippen molar-refractivity contribution in [1.29, 1.82) is 0 Å². The molecule has 0 saturated carbocycles. The fourth-order valence-corrected chi connectivity index (χ4v) is 4.08. The maximum Gasteiger partial charge on any atom is 0.260 e. The van der Waals surface area contributed by atoms with E-state index >= 15 is 0 Å². The number of amides is 1. The number of carbonyl (C=O) groups is 1. The summed E-state index contributed by atoms with van der Waals surface area (Å²) < 4.78 is 0. The maximum atomic E-state index is 12.5. The minimum Gasteiger partial charge on any atom is -0.298 e. The molecule has 0 aliphatic carbocycles. The number of pyridine rings is 1. The van der Waals surface area contributed by atoms with E-state index in [0.717, 1.165) is 16.8 Å². The summed E-state index contributed by atoms with van der Waals surface area (Å²) in [6.45, 7) is 0. The molecule has 0 fully saturated rings. The average molecular weight is 404 g/mol. The number of thioether (sulfide) groups is 1. The Hall–Kier alpha value is -2.96. The molecular weight excluding hydrogens is 386 g/mol. The number of hydrogen-bond donors (Lipinski definition) is 1. The zero-order valence-electron chi connectivity index (χ0n) is 15.1. The lowest BCUT2D eigenvalue weighted by molar-refractivity contribution is 0.102. The van der Waals surface area contributed by atoms with Crippen LogP contribution in [-0.4, -0.2) is 22.1 Å². The Bertz CT molecular complexity index is 1090. The van der Waals surface area contributed by atoms with Crippen LogP contribution in [0.4, 0.5) is 5.13 Å². The molecule has 28 heavy (non-hydrogen) atoms. The third kappa shape index (κ3) is 3.98. The van der Waals surface area contributed by atoms with E-state index < -0.39 is 0 Å².